The van der Waals surface area contributed by atoms with Gasteiger partial charge in [0.25, 0.3) is 5.56 Å². The SMILES string of the molecule is CCN(C)S(=O)(=O)Nc1ccc(F)c(Oc2ccc3ncn(CCCNC(=O)OC(C)(C)C)c(=O)c3c2)c1C#N. The molecule has 3 aromatic rings. The van der Waals surface area contributed by atoms with Gasteiger partial charge in [-0.1, -0.05) is 6.92 Å². The molecule has 0 aliphatic heterocycles. The highest BCUT2D eigenvalue weighted by molar-refractivity contribution is 7.90. The van der Waals surface area contributed by atoms with Crippen LogP contribution in [-0.4, -0.2) is 54.1 Å². The van der Waals surface area contributed by atoms with E-state index in [1.165, 1.54) is 36.1 Å². The Morgan fingerprint density at radius 2 is 1.98 bits per heavy atom. The van der Waals surface area contributed by atoms with Crippen molar-refractivity contribution in [3.63, 3.8) is 0 Å². The zero-order valence-corrected chi connectivity index (χ0v) is 23.6. The number of aryl methyl sites for hydroxylation is 1. The highest BCUT2D eigenvalue weighted by atomic mass is 32.2. The Morgan fingerprint density at radius 1 is 1.25 bits per heavy atom. The quantitative estimate of drug-likeness (QED) is 0.347. The zero-order valence-electron chi connectivity index (χ0n) is 22.8. The molecular formula is C26H31FN6O6S. The van der Waals surface area contributed by atoms with Crippen LogP contribution >= 0.6 is 0 Å². The van der Waals surface area contributed by atoms with E-state index in [1.54, 1.807) is 33.8 Å². The standard InChI is InChI=1S/C26H31FN6O6S/c1-6-32(5)40(36,37)31-22-11-9-20(27)23(19(22)15-28)38-17-8-10-21-18(14-17)24(34)33(16-30-21)13-7-12-29-25(35)39-26(2,3)4/h8-11,14,16,31H,6-7,12-13H2,1-5H3,(H,29,35). The minimum atomic E-state index is -3.99. The molecule has 2 aromatic carbocycles. The highest BCUT2D eigenvalue weighted by Gasteiger charge is 2.22. The number of carbonyl (C=O) groups excluding carboxylic acids is 1. The van der Waals surface area contributed by atoms with Crippen LogP contribution < -0.4 is 20.3 Å². The Labute approximate surface area is 231 Å². The van der Waals surface area contributed by atoms with E-state index in [1.807, 2.05) is 0 Å². The Bertz CT molecular complexity index is 1610. The number of alkyl carbamates (subject to hydrolysis) is 1. The van der Waals surface area contributed by atoms with Crippen molar-refractivity contribution < 1.29 is 27.1 Å². The molecule has 1 aromatic heterocycles. The van der Waals surface area contributed by atoms with Crippen LogP contribution in [0.4, 0.5) is 14.9 Å². The number of aromatic nitrogens is 2. The first-order chi connectivity index (χ1) is 18.8. The van der Waals surface area contributed by atoms with Crippen molar-refractivity contribution >= 4 is 32.9 Å². The molecule has 0 fully saturated rings. The van der Waals surface area contributed by atoms with E-state index < -0.39 is 39.0 Å². The number of fused-ring (bicyclic) bond motifs is 1. The van der Waals surface area contributed by atoms with E-state index in [4.69, 9.17) is 9.47 Å². The van der Waals surface area contributed by atoms with Gasteiger partial charge in [-0.2, -0.15) is 18.0 Å². The van der Waals surface area contributed by atoms with Gasteiger partial charge in [0.1, 0.15) is 23.0 Å². The molecule has 0 unspecified atom stereocenters. The number of rotatable bonds is 10. The zero-order chi connectivity index (χ0) is 29.7. The summed E-state index contributed by atoms with van der Waals surface area (Å²) < 4.78 is 55.1. The number of anilines is 1. The number of amides is 1. The van der Waals surface area contributed by atoms with Gasteiger partial charge in [-0.05, 0) is 57.5 Å². The Morgan fingerprint density at radius 3 is 2.62 bits per heavy atom. The molecule has 0 atom stereocenters. The molecule has 12 nitrogen and oxygen atoms in total. The molecule has 0 spiro atoms. The number of carbonyl (C=O) groups is 1. The fraction of sp³-hybridized carbons (Fsp3) is 0.385. The normalized spacial score (nSPS) is 11.8. The lowest BCUT2D eigenvalue weighted by Gasteiger charge is -2.19. The van der Waals surface area contributed by atoms with Crippen molar-refractivity contribution in [2.75, 3.05) is 24.9 Å². The van der Waals surface area contributed by atoms with Crippen LogP contribution in [0.2, 0.25) is 0 Å². The lowest BCUT2D eigenvalue weighted by Crippen LogP contribution is -2.33. The Kier molecular flexibility index (Phi) is 9.33. The number of hydrogen-bond acceptors (Lipinski definition) is 8. The third-order valence-corrected chi connectivity index (χ3v) is 7.13. The van der Waals surface area contributed by atoms with Crippen LogP contribution in [0.1, 0.15) is 39.7 Å². The van der Waals surface area contributed by atoms with Gasteiger partial charge in [-0.3, -0.25) is 14.1 Å². The summed E-state index contributed by atoms with van der Waals surface area (Å²) in [6.07, 6.45) is 1.25. The summed E-state index contributed by atoms with van der Waals surface area (Å²) in [5, 5.41) is 12.5. The number of ether oxygens (including phenoxy) is 2. The average molecular weight is 575 g/mol. The van der Waals surface area contributed by atoms with E-state index in [2.05, 4.69) is 15.0 Å². The highest BCUT2D eigenvalue weighted by Crippen LogP contribution is 2.34. The van der Waals surface area contributed by atoms with Gasteiger partial charge in [-0.25, -0.2) is 14.2 Å². The first kappa shape index (κ1) is 30.3. The molecule has 0 aliphatic rings. The summed E-state index contributed by atoms with van der Waals surface area (Å²) in [4.78, 5) is 29.2. The van der Waals surface area contributed by atoms with Gasteiger partial charge in [0.2, 0.25) is 0 Å². The molecule has 0 radical (unpaired) electrons. The number of nitrogens with one attached hydrogen (secondary N) is 2. The third kappa shape index (κ3) is 7.45. The van der Waals surface area contributed by atoms with Crippen molar-refractivity contribution in [3.8, 4) is 17.6 Å². The summed E-state index contributed by atoms with van der Waals surface area (Å²) in [6, 6.07) is 8.21. The van der Waals surface area contributed by atoms with Crippen LogP contribution in [0.5, 0.6) is 11.5 Å². The Balaban J connectivity index is 1.83. The molecule has 0 bridgehead atoms. The monoisotopic (exact) mass is 574 g/mol. The number of halogens is 1. The number of nitrogens with zero attached hydrogens (tertiary/aromatic N) is 4. The van der Waals surface area contributed by atoms with Gasteiger partial charge in [0, 0.05) is 26.7 Å². The topological polar surface area (TPSA) is 156 Å². The molecule has 3 rings (SSSR count). The molecule has 2 N–H and O–H groups in total. The van der Waals surface area contributed by atoms with Crippen LogP contribution in [0.15, 0.2) is 41.5 Å². The van der Waals surface area contributed by atoms with E-state index in [9.17, 15) is 27.7 Å². The molecule has 0 saturated heterocycles. The molecule has 40 heavy (non-hydrogen) atoms. The summed E-state index contributed by atoms with van der Waals surface area (Å²) in [7, 11) is -2.64. The molecule has 214 valence electrons. The lowest BCUT2D eigenvalue weighted by atomic mass is 10.1. The van der Waals surface area contributed by atoms with Crippen molar-refractivity contribution in [2.24, 2.45) is 0 Å². The van der Waals surface area contributed by atoms with Crippen LogP contribution in [0, 0.1) is 17.1 Å². The third-order valence-electron chi connectivity index (χ3n) is 5.58. The van der Waals surface area contributed by atoms with E-state index in [-0.39, 0.29) is 42.0 Å². The summed E-state index contributed by atoms with van der Waals surface area (Å²) in [5.74, 6) is -1.36. The summed E-state index contributed by atoms with van der Waals surface area (Å²) in [5.41, 5.74) is -1.18. The largest absolute Gasteiger partial charge is 0.453 e. The fourth-order valence-electron chi connectivity index (χ4n) is 3.47. The number of benzene rings is 2. The fourth-order valence-corrected chi connectivity index (χ4v) is 4.42. The maximum absolute atomic E-state index is 14.8. The second-order valence-corrected chi connectivity index (χ2v) is 11.5. The van der Waals surface area contributed by atoms with Crippen molar-refractivity contribution in [1.82, 2.24) is 19.2 Å². The van der Waals surface area contributed by atoms with Crippen molar-refractivity contribution in [3.05, 3.63) is 58.4 Å². The summed E-state index contributed by atoms with van der Waals surface area (Å²) in [6.45, 7) is 7.59. The van der Waals surface area contributed by atoms with Gasteiger partial charge >= 0.3 is 16.3 Å². The van der Waals surface area contributed by atoms with E-state index in [0.717, 1.165) is 16.4 Å². The second-order valence-electron chi connectivity index (χ2n) is 9.74. The molecule has 14 heteroatoms. The minimum absolute atomic E-state index is 0.0387. The van der Waals surface area contributed by atoms with Gasteiger partial charge < -0.3 is 14.8 Å². The van der Waals surface area contributed by atoms with Crippen molar-refractivity contribution in [1.29, 1.82) is 5.26 Å². The molecule has 0 aliphatic carbocycles. The van der Waals surface area contributed by atoms with Crippen LogP contribution in [0.3, 0.4) is 0 Å². The maximum atomic E-state index is 14.8. The van der Waals surface area contributed by atoms with Gasteiger partial charge in [-0.15, -0.1) is 0 Å². The van der Waals surface area contributed by atoms with Crippen molar-refractivity contribution in [2.45, 2.75) is 46.3 Å². The Hall–Kier alpha value is -4.22. The first-order valence-corrected chi connectivity index (χ1v) is 13.8. The molecule has 1 heterocycles. The number of hydrogen-bond donors (Lipinski definition) is 2. The minimum Gasteiger partial charge on any atom is -0.453 e. The summed E-state index contributed by atoms with van der Waals surface area (Å²) >= 11 is 0. The second kappa shape index (κ2) is 12.3. The van der Waals surface area contributed by atoms with Gasteiger partial charge in [0.15, 0.2) is 11.6 Å². The first-order valence-electron chi connectivity index (χ1n) is 12.4. The predicted molar refractivity (Wildman–Crippen MR) is 147 cm³/mol. The molecular weight excluding hydrogens is 543 g/mol. The van der Waals surface area contributed by atoms with E-state index in [0.29, 0.717) is 11.9 Å². The van der Waals surface area contributed by atoms with E-state index >= 15 is 0 Å². The average Bonchev–Trinajstić information content (AvgIpc) is 2.88. The molecule has 1 amide bonds. The predicted octanol–water partition coefficient (Wildman–Crippen LogP) is 3.72. The van der Waals surface area contributed by atoms with Crippen LogP contribution in [-0.2, 0) is 21.5 Å². The number of nitriles is 1. The molecule has 0 saturated carbocycles. The van der Waals surface area contributed by atoms with Crippen LogP contribution in [0.25, 0.3) is 10.9 Å². The smallest absolute Gasteiger partial charge is 0.407 e. The maximum Gasteiger partial charge on any atom is 0.407 e. The van der Waals surface area contributed by atoms with Gasteiger partial charge in [0.05, 0.1) is 22.9 Å². The lowest BCUT2D eigenvalue weighted by molar-refractivity contribution is 0.0526.